The second-order valence-electron chi connectivity index (χ2n) is 6.32. The van der Waals surface area contributed by atoms with E-state index >= 15 is 0 Å². The van der Waals surface area contributed by atoms with Gasteiger partial charge in [-0.2, -0.15) is 0 Å². The highest BCUT2D eigenvalue weighted by Crippen LogP contribution is 2.26. The molecule has 0 aromatic heterocycles. The maximum atomic E-state index is 12.3. The summed E-state index contributed by atoms with van der Waals surface area (Å²) in [5.74, 6) is 0.184. The average molecular weight is 393 g/mol. The van der Waals surface area contributed by atoms with Gasteiger partial charge < -0.3 is 10.2 Å². The van der Waals surface area contributed by atoms with Crippen molar-refractivity contribution in [3.8, 4) is 0 Å². The summed E-state index contributed by atoms with van der Waals surface area (Å²) in [5.41, 5.74) is 2.03. The first-order valence-corrected chi connectivity index (χ1v) is 10.7. The number of anilines is 2. The van der Waals surface area contributed by atoms with Gasteiger partial charge in [-0.05, 0) is 49.7 Å². The first-order chi connectivity index (χ1) is 12.4. The zero-order chi connectivity index (χ0) is 18.7. The molecule has 2 aromatic rings. The van der Waals surface area contributed by atoms with Gasteiger partial charge >= 0.3 is 0 Å². The summed E-state index contributed by atoms with van der Waals surface area (Å²) in [6.45, 7) is 2.74. The summed E-state index contributed by atoms with van der Waals surface area (Å²) in [6, 6.07) is 14.3. The van der Waals surface area contributed by atoms with Gasteiger partial charge in [-0.1, -0.05) is 23.7 Å². The molecule has 0 radical (unpaired) electrons. The number of rotatable bonds is 5. The van der Waals surface area contributed by atoms with Crippen molar-refractivity contribution < 1.29 is 13.2 Å². The van der Waals surface area contributed by atoms with E-state index < -0.39 is 9.84 Å². The van der Waals surface area contributed by atoms with Crippen LogP contribution in [0.2, 0.25) is 5.02 Å². The van der Waals surface area contributed by atoms with Crippen LogP contribution in [-0.2, 0) is 9.84 Å². The Hall–Kier alpha value is -2.05. The van der Waals surface area contributed by atoms with E-state index in [9.17, 15) is 13.2 Å². The van der Waals surface area contributed by atoms with Crippen LogP contribution in [-0.4, -0.2) is 38.4 Å². The third kappa shape index (κ3) is 4.19. The van der Waals surface area contributed by atoms with Crippen LogP contribution in [0.5, 0.6) is 0 Å². The molecule has 1 saturated heterocycles. The van der Waals surface area contributed by atoms with E-state index in [1.807, 2.05) is 31.2 Å². The molecular weight excluding hydrogens is 372 g/mol. The summed E-state index contributed by atoms with van der Waals surface area (Å²) < 4.78 is 23.5. The van der Waals surface area contributed by atoms with Crippen LogP contribution in [0.4, 0.5) is 11.4 Å². The zero-order valence-electron chi connectivity index (χ0n) is 14.5. The molecule has 1 aliphatic rings. The van der Waals surface area contributed by atoms with Crippen molar-refractivity contribution in [2.75, 3.05) is 28.3 Å². The van der Waals surface area contributed by atoms with E-state index in [2.05, 4.69) is 10.2 Å². The van der Waals surface area contributed by atoms with Crippen LogP contribution in [0, 0.1) is 0 Å². The SMILES string of the molecule is CCN(c1ccc(NC(=O)c2ccccc2Cl)cc1)C1CCS(=O)(=O)C1. The number of halogens is 1. The first kappa shape index (κ1) is 18.7. The lowest BCUT2D eigenvalue weighted by Crippen LogP contribution is -2.36. The minimum atomic E-state index is -2.93. The van der Waals surface area contributed by atoms with Crippen molar-refractivity contribution >= 4 is 38.7 Å². The molecular formula is C19H21ClN2O3S. The van der Waals surface area contributed by atoms with Crippen LogP contribution in [0.3, 0.4) is 0 Å². The fraction of sp³-hybridized carbons (Fsp3) is 0.316. The zero-order valence-corrected chi connectivity index (χ0v) is 16.1. The molecule has 0 saturated carbocycles. The van der Waals surface area contributed by atoms with Crippen LogP contribution in [0.1, 0.15) is 23.7 Å². The van der Waals surface area contributed by atoms with Crippen molar-refractivity contribution in [1.82, 2.24) is 0 Å². The molecule has 1 amide bonds. The third-order valence-electron chi connectivity index (χ3n) is 4.57. The number of sulfone groups is 1. The van der Waals surface area contributed by atoms with Crippen molar-refractivity contribution in [3.63, 3.8) is 0 Å². The van der Waals surface area contributed by atoms with Gasteiger partial charge in [-0.15, -0.1) is 0 Å². The number of nitrogens with zero attached hydrogens (tertiary/aromatic N) is 1. The Kier molecular flexibility index (Phi) is 5.53. The Labute approximate surface area is 158 Å². The van der Waals surface area contributed by atoms with Gasteiger partial charge in [0.1, 0.15) is 0 Å². The predicted octanol–water partition coefficient (Wildman–Crippen LogP) is 3.61. The molecule has 26 heavy (non-hydrogen) atoms. The molecule has 5 nitrogen and oxygen atoms in total. The molecule has 1 atom stereocenters. The molecule has 1 heterocycles. The van der Waals surface area contributed by atoms with E-state index in [1.54, 1.807) is 24.3 Å². The molecule has 0 spiro atoms. The molecule has 1 aliphatic heterocycles. The van der Waals surface area contributed by atoms with Gasteiger partial charge in [0, 0.05) is 24.0 Å². The molecule has 0 aliphatic carbocycles. The van der Waals surface area contributed by atoms with E-state index in [-0.39, 0.29) is 23.5 Å². The quantitative estimate of drug-likeness (QED) is 0.844. The monoisotopic (exact) mass is 392 g/mol. The van der Waals surface area contributed by atoms with Gasteiger partial charge in [0.2, 0.25) is 0 Å². The summed E-state index contributed by atoms with van der Waals surface area (Å²) in [5, 5.41) is 3.23. The fourth-order valence-corrected chi connectivity index (χ4v) is 5.21. The molecule has 1 unspecified atom stereocenters. The van der Waals surface area contributed by atoms with Crippen molar-refractivity contribution in [3.05, 3.63) is 59.1 Å². The van der Waals surface area contributed by atoms with Crippen LogP contribution in [0.15, 0.2) is 48.5 Å². The Morgan fingerprint density at radius 1 is 1.19 bits per heavy atom. The Morgan fingerprint density at radius 2 is 1.88 bits per heavy atom. The maximum Gasteiger partial charge on any atom is 0.257 e. The van der Waals surface area contributed by atoms with Gasteiger partial charge in [-0.25, -0.2) is 8.42 Å². The smallest absolute Gasteiger partial charge is 0.257 e. The lowest BCUT2D eigenvalue weighted by atomic mass is 10.1. The van der Waals surface area contributed by atoms with E-state index in [1.165, 1.54) is 0 Å². The molecule has 0 bridgehead atoms. The number of hydrogen-bond acceptors (Lipinski definition) is 4. The van der Waals surface area contributed by atoms with Crippen LogP contribution < -0.4 is 10.2 Å². The largest absolute Gasteiger partial charge is 0.368 e. The summed E-state index contributed by atoms with van der Waals surface area (Å²) >= 11 is 6.05. The van der Waals surface area contributed by atoms with E-state index in [4.69, 9.17) is 11.6 Å². The number of carbonyl (C=O) groups is 1. The fourth-order valence-electron chi connectivity index (χ4n) is 3.25. The average Bonchev–Trinajstić information content (AvgIpc) is 2.97. The number of benzene rings is 2. The summed E-state index contributed by atoms with van der Waals surface area (Å²) in [6.07, 6.45) is 0.654. The summed E-state index contributed by atoms with van der Waals surface area (Å²) in [7, 11) is -2.93. The van der Waals surface area contributed by atoms with Crippen LogP contribution >= 0.6 is 11.6 Å². The highest BCUT2D eigenvalue weighted by molar-refractivity contribution is 7.91. The number of amides is 1. The minimum absolute atomic E-state index is 0.00793. The van der Waals surface area contributed by atoms with E-state index in [0.717, 1.165) is 12.2 Å². The molecule has 3 rings (SSSR count). The number of carbonyl (C=O) groups excluding carboxylic acids is 1. The second kappa shape index (κ2) is 7.68. The Morgan fingerprint density at radius 3 is 2.46 bits per heavy atom. The lowest BCUT2D eigenvalue weighted by Gasteiger charge is -2.29. The van der Waals surface area contributed by atoms with Gasteiger partial charge in [0.25, 0.3) is 5.91 Å². The standard InChI is InChI=1S/C19H21ClN2O3S/c1-2-22(16-11-12-26(24,25)13-16)15-9-7-14(8-10-15)21-19(23)17-5-3-4-6-18(17)20/h3-10,16H,2,11-13H2,1H3,(H,21,23). The van der Waals surface area contributed by atoms with Gasteiger partial charge in [0.15, 0.2) is 9.84 Å². The van der Waals surface area contributed by atoms with Crippen LogP contribution in [0.25, 0.3) is 0 Å². The molecule has 1 N–H and O–H groups in total. The van der Waals surface area contributed by atoms with Gasteiger partial charge in [0.05, 0.1) is 22.1 Å². The van der Waals surface area contributed by atoms with Crippen molar-refractivity contribution in [1.29, 1.82) is 0 Å². The van der Waals surface area contributed by atoms with E-state index in [0.29, 0.717) is 22.7 Å². The first-order valence-electron chi connectivity index (χ1n) is 8.52. The minimum Gasteiger partial charge on any atom is -0.368 e. The molecule has 1 fully saturated rings. The third-order valence-corrected chi connectivity index (χ3v) is 6.65. The Balaban J connectivity index is 1.72. The highest BCUT2D eigenvalue weighted by Gasteiger charge is 2.31. The topological polar surface area (TPSA) is 66.5 Å². The summed E-state index contributed by atoms with van der Waals surface area (Å²) in [4.78, 5) is 14.4. The normalized spacial score (nSPS) is 18.5. The molecule has 2 aromatic carbocycles. The number of nitrogens with one attached hydrogen (secondary N) is 1. The predicted molar refractivity (Wildman–Crippen MR) is 106 cm³/mol. The highest BCUT2D eigenvalue weighted by atomic mass is 35.5. The van der Waals surface area contributed by atoms with Crippen molar-refractivity contribution in [2.24, 2.45) is 0 Å². The second-order valence-corrected chi connectivity index (χ2v) is 8.96. The molecule has 138 valence electrons. The molecule has 7 heteroatoms. The Bertz CT molecular complexity index is 897. The lowest BCUT2D eigenvalue weighted by molar-refractivity contribution is 0.102. The van der Waals surface area contributed by atoms with Crippen molar-refractivity contribution in [2.45, 2.75) is 19.4 Å². The number of hydrogen-bond donors (Lipinski definition) is 1. The van der Waals surface area contributed by atoms with Gasteiger partial charge in [-0.3, -0.25) is 4.79 Å². The maximum absolute atomic E-state index is 12.3.